The molecular formula is C21H25N3O. The van der Waals surface area contributed by atoms with Gasteiger partial charge in [-0.15, -0.1) is 0 Å². The Balaban J connectivity index is 1.80. The van der Waals surface area contributed by atoms with Gasteiger partial charge in [0.05, 0.1) is 5.69 Å². The Labute approximate surface area is 148 Å². The Morgan fingerprint density at radius 3 is 2.80 bits per heavy atom. The fourth-order valence-corrected chi connectivity index (χ4v) is 3.87. The van der Waals surface area contributed by atoms with Crippen LogP contribution in [0.2, 0.25) is 0 Å². The van der Waals surface area contributed by atoms with Gasteiger partial charge in [0.25, 0.3) is 5.56 Å². The molecule has 0 aliphatic heterocycles. The summed E-state index contributed by atoms with van der Waals surface area (Å²) in [6.07, 6.45) is 8.95. The second-order valence-electron chi connectivity index (χ2n) is 7.12. The van der Waals surface area contributed by atoms with E-state index >= 15 is 0 Å². The van der Waals surface area contributed by atoms with E-state index in [2.05, 4.69) is 29.7 Å². The van der Waals surface area contributed by atoms with E-state index < -0.39 is 0 Å². The molecule has 2 aromatic heterocycles. The number of hydrogen-bond acceptors (Lipinski definition) is 2. The number of aryl methyl sites for hydroxylation is 4. The number of benzene rings is 1. The summed E-state index contributed by atoms with van der Waals surface area (Å²) >= 11 is 0. The first-order valence-corrected chi connectivity index (χ1v) is 9.39. The van der Waals surface area contributed by atoms with Crippen LogP contribution in [-0.2, 0) is 19.4 Å². The lowest BCUT2D eigenvalue weighted by molar-refractivity contribution is 0.590. The molecule has 1 aliphatic carbocycles. The van der Waals surface area contributed by atoms with Crippen molar-refractivity contribution < 1.29 is 0 Å². The Bertz CT molecular complexity index is 981. The molecule has 1 aliphatic rings. The lowest BCUT2D eigenvalue weighted by Gasteiger charge is -2.11. The van der Waals surface area contributed by atoms with Crippen LogP contribution in [0.1, 0.15) is 49.4 Å². The maximum absolute atomic E-state index is 12.4. The van der Waals surface area contributed by atoms with E-state index in [-0.39, 0.29) is 5.56 Å². The molecule has 0 radical (unpaired) electrons. The fraction of sp³-hybridized carbons (Fsp3) is 0.429. The maximum atomic E-state index is 12.4. The Kier molecular flexibility index (Phi) is 4.20. The zero-order valence-electron chi connectivity index (χ0n) is 15.1. The Morgan fingerprint density at radius 1 is 1.12 bits per heavy atom. The average Bonchev–Trinajstić information content (AvgIpc) is 3.24. The topological polar surface area (TPSA) is 39.3 Å². The molecular weight excluding hydrogens is 310 g/mol. The molecule has 0 saturated carbocycles. The SMILES string of the molecule is CCCCCn1c(C)cc(=O)n2cc(-c3ccc4c(c3)CCC4)nc12. The van der Waals surface area contributed by atoms with Crippen LogP contribution in [0, 0.1) is 6.92 Å². The molecule has 0 saturated heterocycles. The van der Waals surface area contributed by atoms with Crippen molar-refractivity contribution in [1.29, 1.82) is 0 Å². The van der Waals surface area contributed by atoms with E-state index in [0.717, 1.165) is 42.1 Å². The van der Waals surface area contributed by atoms with E-state index in [9.17, 15) is 4.79 Å². The molecule has 0 atom stereocenters. The number of rotatable bonds is 5. The minimum atomic E-state index is -0.000786. The van der Waals surface area contributed by atoms with Gasteiger partial charge in [0.15, 0.2) is 0 Å². The van der Waals surface area contributed by atoms with Gasteiger partial charge in [0.2, 0.25) is 5.78 Å². The molecule has 25 heavy (non-hydrogen) atoms. The van der Waals surface area contributed by atoms with Gasteiger partial charge in [0, 0.05) is 30.1 Å². The first kappa shape index (κ1) is 16.1. The lowest BCUT2D eigenvalue weighted by atomic mass is 10.1. The van der Waals surface area contributed by atoms with Gasteiger partial charge in [-0.2, -0.15) is 0 Å². The van der Waals surface area contributed by atoms with Crippen LogP contribution in [0.3, 0.4) is 0 Å². The van der Waals surface area contributed by atoms with Crippen LogP contribution >= 0.6 is 0 Å². The fourth-order valence-electron chi connectivity index (χ4n) is 3.87. The quantitative estimate of drug-likeness (QED) is 0.657. The molecule has 0 amide bonds. The summed E-state index contributed by atoms with van der Waals surface area (Å²) in [4.78, 5) is 17.3. The zero-order chi connectivity index (χ0) is 17.4. The number of nitrogens with zero attached hydrogens (tertiary/aromatic N) is 3. The van der Waals surface area contributed by atoms with Crippen molar-refractivity contribution in [3.63, 3.8) is 0 Å². The molecule has 2 heterocycles. The number of imidazole rings is 1. The summed E-state index contributed by atoms with van der Waals surface area (Å²) < 4.78 is 3.87. The van der Waals surface area contributed by atoms with Gasteiger partial charge in [0.1, 0.15) is 0 Å². The molecule has 3 aromatic rings. The summed E-state index contributed by atoms with van der Waals surface area (Å²) in [6, 6.07) is 8.33. The van der Waals surface area contributed by atoms with Crippen molar-refractivity contribution in [2.75, 3.05) is 0 Å². The Hall–Kier alpha value is -2.36. The number of hydrogen-bond donors (Lipinski definition) is 0. The van der Waals surface area contributed by atoms with Gasteiger partial charge < -0.3 is 4.57 Å². The highest BCUT2D eigenvalue weighted by Gasteiger charge is 2.15. The van der Waals surface area contributed by atoms with Gasteiger partial charge in [-0.1, -0.05) is 31.9 Å². The number of aromatic nitrogens is 3. The van der Waals surface area contributed by atoms with Crippen molar-refractivity contribution in [1.82, 2.24) is 14.0 Å². The third kappa shape index (κ3) is 2.90. The third-order valence-corrected chi connectivity index (χ3v) is 5.30. The van der Waals surface area contributed by atoms with Crippen molar-refractivity contribution >= 4 is 5.78 Å². The summed E-state index contributed by atoms with van der Waals surface area (Å²) in [7, 11) is 0. The molecule has 0 spiro atoms. The van der Waals surface area contributed by atoms with Gasteiger partial charge in [-0.25, -0.2) is 4.98 Å². The first-order valence-electron chi connectivity index (χ1n) is 9.39. The van der Waals surface area contributed by atoms with Crippen LogP contribution < -0.4 is 5.56 Å². The summed E-state index contributed by atoms with van der Waals surface area (Å²) in [6.45, 7) is 5.11. The molecule has 0 fully saturated rings. The van der Waals surface area contributed by atoms with Gasteiger partial charge in [-0.05, 0) is 49.8 Å². The van der Waals surface area contributed by atoms with Crippen LogP contribution in [0.4, 0.5) is 0 Å². The smallest absolute Gasteiger partial charge is 0.259 e. The summed E-state index contributed by atoms with van der Waals surface area (Å²) in [5.74, 6) is 0.761. The molecule has 130 valence electrons. The van der Waals surface area contributed by atoms with Crippen LogP contribution in [0.25, 0.3) is 17.0 Å². The van der Waals surface area contributed by atoms with Crippen molar-refractivity contribution in [3.8, 4) is 11.3 Å². The van der Waals surface area contributed by atoms with Gasteiger partial charge >= 0.3 is 0 Å². The first-order chi connectivity index (χ1) is 12.2. The van der Waals surface area contributed by atoms with Gasteiger partial charge in [-0.3, -0.25) is 9.20 Å². The highest BCUT2D eigenvalue weighted by Crippen LogP contribution is 2.27. The zero-order valence-corrected chi connectivity index (χ0v) is 15.1. The van der Waals surface area contributed by atoms with Crippen LogP contribution in [0.5, 0.6) is 0 Å². The molecule has 4 nitrogen and oxygen atoms in total. The predicted octanol–water partition coefficient (Wildman–Crippen LogP) is 4.15. The highest BCUT2D eigenvalue weighted by molar-refractivity contribution is 5.63. The average molecular weight is 335 g/mol. The standard InChI is InChI=1S/C21H25N3O/c1-3-4-5-11-23-15(2)12-20(25)24-14-19(22-21(23)24)18-10-9-16-7-6-8-17(16)13-18/h9-10,12-14H,3-8,11H2,1-2H3. The number of unbranched alkanes of at least 4 members (excludes halogenated alkanes) is 2. The third-order valence-electron chi connectivity index (χ3n) is 5.30. The molecule has 0 bridgehead atoms. The predicted molar refractivity (Wildman–Crippen MR) is 101 cm³/mol. The second kappa shape index (κ2) is 6.51. The molecule has 4 rings (SSSR count). The van der Waals surface area contributed by atoms with Crippen molar-refractivity contribution in [2.45, 2.75) is 58.9 Å². The molecule has 0 unspecified atom stereocenters. The molecule has 4 heteroatoms. The van der Waals surface area contributed by atoms with E-state index in [1.807, 2.05) is 13.1 Å². The van der Waals surface area contributed by atoms with E-state index in [0.29, 0.717) is 0 Å². The molecule has 0 N–H and O–H groups in total. The van der Waals surface area contributed by atoms with Crippen molar-refractivity contribution in [3.05, 3.63) is 57.6 Å². The summed E-state index contributed by atoms with van der Waals surface area (Å²) in [5, 5.41) is 0. The second-order valence-corrected chi connectivity index (χ2v) is 7.12. The Morgan fingerprint density at radius 2 is 1.96 bits per heavy atom. The number of fused-ring (bicyclic) bond motifs is 2. The maximum Gasteiger partial charge on any atom is 0.259 e. The summed E-state index contributed by atoms with van der Waals surface area (Å²) in [5.41, 5.74) is 5.88. The minimum absolute atomic E-state index is 0.000786. The van der Waals surface area contributed by atoms with Crippen LogP contribution in [0.15, 0.2) is 35.3 Å². The monoisotopic (exact) mass is 335 g/mol. The van der Waals surface area contributed by atoms with E-state index in [4.69, 9.17) is 4.98 Å². The van der Waals surface area contributed by atoms with Crippen LogP contribution in [-0.4, -0.2) is 14.0 Å². The van der Waals surface area contributed by atoms with E-state index in [1.54, 1.807) is 10.5 Å². The largest absolute Gasteiger partial charge is 0.315 e. The minimum Gasteiger partial charge on any atom is -0.315 e. The highest BCUT2D eigenvalue weighted by atomic mass is 16.1. The lowest BCUT2D eigenvalue weighted by Crippen LogP contribution is -2.18. The van der Waals surface area contributed by atoms with E-state index in [1.165, 1.54) is 36.8 Å². The normalized spacial score (nSPS) is 13.5. The molecule has 1 aromatic carbocycles. The van der Waals surface area contributed by atoms with Crippen molar-refractivity contribution in [2.24, 2.45) is 0 Å².